The van der Waals surface area contributed by atoms with Crippen LogP contribution in [0.25, 0.3) is 0 Å². The fourth-order valence-electron chi connectivity index (χ4n) is 0.516. The minimum Gasteiger partial charge on any atom is -0.344 e. The van der Waals surface area contributed by atoms with Crippen molar-refractivity contribution < 1.29 is 0 Å². The topological polar surface area (TPSA) is 38.2 Å². The molecule has 58 valence electrons. The van der Waals surface area contributed by atoms with Crippen LogP contribution >= 0.6 is 0 Å². The fourth-order valence-corrected chi connectivity index (χ4v) is 0.516. The highest BCUT2D eigenvalue weighted by molar-refractivity contribution is 4.47. The van der Waals surface area contributed by atoms with Gasteiger partial charge in [-0.3, -0.25) is 0 Å². The molecule has 0 radical (unpaired) electrons. The molecule has 0 rings (SSSR count). The van der Waals surface area contributed by atoms with Crippen molar-refractivity contribution in [3.05, 3.63) is 0 Å². The van der Waals surface area contributed by atoms with Crippen molar-refractivity contribution in [1.29, 1.82) is 0 Å². The monoisotopic (exact) mass is 132 g/mol. The van der Waals surface area contributed by atoms with E-state index in [1.165, 1.54) is 13.0 Å². The average Bonchev–Trinajstić information content (AvgIpc) is 1.61. The van der Waals surface area contributed by atoms with Gasteiger partial charge in [-0.2, -0.15) is 0 Å². The first-order valence-corrected chi connectivity index (χ1v) is 3.27. The van der Waals surface area contributed by atoms with E-state index >= 15 is 0 Å². The van der Waals surface area contributed by atoms with Gasteiger partial charge in [-0.15, -0.1) is 0 Å². The normalized spacial score (nSPS) is 10.0. The van der Waals surface area contributed by atoms with Crippen LogP contribution in [0.1, 0.15) is 20.3 Å². The number of hydrogen-bond donors (Lipinski definition) is 1. The zero-order chi connectivity index (χ0) is 6.57. The van der Waals surface area contributed by atoms with Crippen LogP contribution < -0.4 is 6.15 Å². The molecule has 0 aromatic carbocycles. The molecule has 0 amide bonds. The summed E-state index contributed by atoms with van der Waals surface area (Å²) in [6.45, 7) is 5.73. The van der Waals surface area contributed by atoms with E-state index in [0.29, 0.717) is 0 Å². The van der Waals surface area contributed by atoms with Gasteiger partial charge in [0.25, 0.3) is 0 Å². The molecule has 9 heavy (non-hydrogen) atoms. The predicted octanol–water partition coefficient (Wildman–Crippen LogP) is 1.76. The highest BCUT2D eigenvalue weighted by Gasteiger charge is 1.93. The van der Waals surface area contributed by atoms with Crippen LogP contribution in [0.2, 0.25) is 0 Å². The summed E-state index contributed by atoms with van der Waals surface area (Å²) in [5, 5.41) is 0. The molecule has 0 saturated heterocycles. The molecule has 2 nitrogen and oxygen atoms in total. The Hall–Kier alpha value is -0.0800. The van der Waals surface area contributed by atoms with Gasteiger partial charge in [-0.25, -0.2) is 0 Å². The molecular formula is C7H20N2. The number of hydrogen-bond acceptors (Lipinski definition) is 2. The first-order valence-electron chi connectivity index (χ1n) is 3.27. The molecule has 0 aliphatic heterocycles. The van der Waals surface area contributed by atoms with Gasteiger partial charge < -0.3 is 11.1 Å². The van der Waals surface area contributed by atoms with Gasteiger partial charge in [0, 0.05) is 0 Å². The molecule has 0 aliphatic rings. The zero-order valence-corrected chi connectivity index (χ0v) is 7.15. The van der Waals surface area contributed by atoms with Crippen LogP contribution in [0, 0.1) is 5.92 Å². The van der Waals surface area contributed by atoms with E-state index < -0.39 is 0 Å². The lowest BCUT2D eigenvalue weighted by atomic mass is 10.1. The van der Waals surface area contributed by atoms with E-state index in [1.54, 1.807) is 0 Å². The van der Waals surface area contributed by atoms with Crippen LogP contribution in [-0.4, -0.2) is 25.5 Å². The van der Waals surface area contributed by atoms with Crippen molar-refractivity contribution in [3.8, 4) is 0 Å². The van der Waals surface area contributed by atoms with Gasteiger partial charge >= 0.3 is 0 Å². The molecule has 0 bridgehead atoms. The largest absolute Gasteiger partial charge is 0.344 e. The van der Waals surface area contributed by atoms with Gasteiger partial charge in [0.15, 0.2) is 0 Å². The standard InChI is InChI=1S/C7H17N.H3N/c1-7(2)5-6-8(3)4;/h7H,5-6H2,1-4H3;1H3. The SMILES string of the molecule is CC(C)CCN(C)C.N. The van der Waals surface area contributed by atoms with Crippen molar-refractivity contribution in [2.24, 2.45) is 5.92 Å². The van der Waals surface area contributed by atoms with E-state index in [-0.39, 0.29) is 6.15 Å². The van der Waals surface area contributed by atoms with Crippen LogP contribution in [0.3, 0.4) is 0 Å². The molecular weight excluding hydrogens is 112 g/mol. The Morgan fingerprint density at radius 3 is 1.78 bits per heavy atom. The van der Waals surface area contributed by atoms with Gasteiger partial charge in [0.1, 0.15) is 0 Å². The average molecular weight is 132 g/mol. The second-order valence-corrected chi connectivity index (χ2v) is 2.99. The molecule has 0 heterocycles. The number of rotatable bonds is 3. The summed E-state index contributed by atoms with van der Waals surface area (Å²) in [6.07, 6.45) is 1.31. The summed E-state index contributed by atoms with van der Waals surface area (Å²) in [7, 11) is 4.23. The summed E-state index contributed by atoms with van der Waals surface area (Å²) in [6, 6.07) is 0. The highest BCUT2D eigenvalue weighted by atomic mass is 15.0. The summed E-state index contributed by atoms with van der Waals surface area (Å²) in [4.78, 5) is 2.22. The van der Waals surface area contributed by atoms with Gasteiger partial charge in [-0.1, -0.05) is 13.8 Å². The predicted molar refractivity (Wildman–Crippen MR) is 43.0 cm³/mol. The van der Waals surface area contributed by atoms with Crippen LogP contribution in [0.4, 0.5) is 0 Å². The maximum atomic E-state index is 2.25. The first-order chi connectivity index (χ1) is 3.63. The third-order valence-corrected chi connectivity index (χ3v) is 1.15. The molecule has 0 spiro atoms. The van der Waals surface area contributed by atoms with Gasteiger partial charge in [0.2, 0.25) is 0 Å². The molecule has 0 aromatic heterocycles. The minimum absolute atomic E-state index is 0. The van der Waals surface area contributed by atoms with Crippen molar-refractivity contribution in [1.82, 2.24) is 11.1 Å². The molecule has 0 atom stereocenters. The molecule has 0 aliphatic carbocycles. The van der Waals surface area contributed by atoms with E-state index in [1.807, 2.05) is 0 Å². The molecule has 2 heteroatoms. The Kier molecular flexibility index (Phi) is 7.85. The highest BCUT2D eigenvalue weighted by Crippen LogP contribution is 1.98. The third-order valence-electron chi connectivity index (χ3n) is 1.15. The smallest absolute Gasteiger partial charge is 0.00224 e. The van der Waals surface area contributed by atoms with Crippen LogP contribution in [0.5, 0.6) is 0 Å². The number of nitrogens with zero attached hydrogens (tertiary/aromatic N) is 1. The lowest BCUT2D eigenvalue weighted by Crippen LogP contribution is -2.14. The van der Waals surface area contributed by atoms with Crippen molar-refractivity contribution >= 4 is 0 Å². The van der Waals surface area contributed by atoms with Gasteiger partial charge in [-0.05, 0) is 33.0 Å². The lowest BCUT2D eigenvalue weighted by Gasteiger charge is -2.10. The Morgan fingerprint density at radius 2 is 1.67 bits per heavy atom. The first kappa shape index (κ1) is 11.7. The summed E-state index contributed by atoms with van der Waals surface area (Å²) < 4.78 is 0. The summed E-state index contributed by atoms with van der Waals surface area (Å²) in [5.74, 6) is 0.845. The lowest BCUT2D eigenvalue weighted by molar-refractivity contribution is 0.369. The Morgan fingerprint density at radius 1 is 1.22 bits per heavy atom. The molecule has 3 N–H and O–H groups in total. The second kappa shape index (κ2) is 6.05. The van der Waals surface area contributed by atoms with E-state index in [2.05, 4.69) is 32.8 Å². The Labute approximate surface area is 58.8 Å². The Balaban J connectivity index is 0. The maximum Gasteiger partial charge on any atom is -0.00224 e. The van der Waals surface area contributed by atoms with Crippen molar-refractivity contribution in [2.75, 3.05) is 20.6 Å². The quantitative estimate of drug-likeness (QED) is 0.635. The third kappa shape index (κ3) is 11.5. The minimum atomic E-state index is 0. The van der Waals surface area contributed by atoms with Crippen LogP contribution in [-0.2, 0) is 0 Å². The van der Waals surface area contributed by atoms with E-state index in [9.17, 15) is 0 Å². The van der Waals surface area contributed by atoms with E-state index in [4.69, 9.17) is 0 Å². The van der Waals surface area contributed by atoms with E-state index in [0.717, 1.165) is 5.92 Å². The summed E-state index contributed by atoms with van der Waals surface area (Å²) in [5.41, 5.74) is 0. The maximum absolute atomic E-state index is 2.25. The fraction of sp³-hybridized carbons (Fsp3) is 1.00. The second-order valence-electron chi connectivity index (χ2n) is 2.99. The van der Waals surface area contributed by atoms with Crippen LogP contribution in [0.15, 0.2) is 0 Å². The Bertz CT molecular complexity index is 42.9. The van der Waals surface area contributed by atoms with Crippen molar-refractivity contribution in [3.63, 3.8) is 0 Å². The van der Waals surface area contributed by atoms with Crippen molar-refractivity contribution in [2.45, 2.75) is 20.3 Å². The molecule has 0 saturated carbocycles. The zero-order valence-electron chi connectivity index (χ0n) is 7.15. The summed E-state index contributed by atoms with van der Waals surface area (Å²) >= 11 is 0. The molecule has 0 unspecified atom stereocenters. The molecule has 0 fully saturated rings. The molecule has 0 aromatic rings. The van der Waals surface area contributed by atoms with Gasteiger partial charge in [0.05, 0.1) is 0 Å².